The average Bonchev–Trinajstić information content (AvgIpc) is 3.51. The van der Waals surface area contributed by atoms with Crippen molar-refractivity contribution < 1.29 is 24.5 Å². The van der Waals surface area contributed by atoms with E-state index >= 15 is 0 Å². The summed E-state index contributed by atoms with van der Waals surface area (Å²) >= 11 is 0. The molecule has 6 nitrogen and oxygen atoms in total. The van der Waals surface area contributed by atoms with E-state index in [-0.39, 0.29) is 18.5 Å². The lowest BCUT2D eigenvalue weighted by Gasteiger charge is -2.22. The highest BCUT2D eigenvalue weighted by molar-refractivity contribution is 5.76. The summed E-state index contributed by atoms with van der Waals surface area (Å²) in [7, 11) is 0. The highest BCUT2D eigenvalue weighted by Crippen LogP contribution is 2.21. The molecule has 1 amide bonds. The van der Waals surface area contributed by atoms with Crippen LogP contribution in [0.3, 0.4) is 0 Å². The highest BCUT2D eigenvalue weighted by atomic mass is 16.5. The lowest BCUT2D eigenvalue weighted by molar-refractivity contribution is -0.143. The van der Waals surface area contributed by atoms with Crippen molar-refractivity contribution in [3.05, 3.63) is 0 Å². The Morgan fingerprint density at radius 3 is 0.718 bits per heavy atom. The van der Waals surface area contributed by atoms with Crippen molar-refractivity contribution in [3.8, 4) is 0 Å². The first-order valence-corrected chi connectivity index (χ1v) is 39.8. The first kappa shape index (κ1) is 83.9. The van der Waals surface area contributed by atoms with Gasteiger partial charge in [0, 0.05) is 12.8 Å². The van der Waals surface area contributed by atoms with Crippen molar-refractivity contribution in [2.24, 2.45) is 0 Å². The van der Waals surface area contributed by atoms with Gasteiger partial charge in [-0.15, -0.1) is 0 Å². The van der Waals surface area contributed by atoms with Crippen molar-refractivity contribution in [1.82, 2.24) is 5.32 Å². The number of aliphatic hydroxyl groups is 2. The van der Waals surface area contributed by atoms with Crippen LogP contribution in [-0.2, 0) is 14.3 Å². The van der Waals surface area contributed by atoms with Gasteiger partial charge >= 0.3 is 5.97 Å². The Balaban J connectivity index is 3.33. The fourth-order valence-corrected chi connectivity index (χ4v) is 13.1. The van der Waals surface area contributed by atoms with Gasteiger partial charge in [0.2, 0.25) is 5.91 Å². The molecule has 6 heteroatoms. The van der Waals surface area contributed by atoms with Crippen LogP contribution in [0.2, 0.25) is 0 Å². The third-order valence-electron chi connectivity index (χ3n) is 19.2. The third kappa shape index (κ3) is 71.8. The number of nitrogens with one attached hydrogen (secondary N) is 1. The SMILES string of the molecule is CCCCCCCCCCCCCCCCCCCCCCCCCCC(O)C(CO)NC(=O)CCCCCCCCCCCCCCCCCCCCCCCCCCCCCCCCOC(=O)CCCCCCCCCCCCCCCC. The van der Waals surface area contributed by atoms with Crippen LogP contribution in [0.4, 0.5) is 0 Å². The predicted molar refractivity (Wildman–Crippen MR) is 375 cm³/mol. The standard InChI is InChI=1S/C79H157NO5/c1-3-5-7-9-11-13-15-17-19-20-21-22-23-32-35-38-41-44-47-51-55-59-63-67-71-77(82)76(75-81)80-78(83)72-68-64-60-56-52-48-45-42-39-36-33-30-28-26-24-25-27-29-31-34-37-40-43-46-50-54-58-62-66-70-74-85-79(84)73-69-65-61-57-53-49-18-16-14-12-10-8-6-4-2/h76-77,81-82H,3-75H2,1-2H3,(H,80,83). The summed E-state index contributed by atoms with van der Waals surface area (Å²) in [6.45, 7) is 5.02. The molecule has 0 saturated carbocycles. The number of esters is 1. The van der Waals surface area contributed by atoms with Gasteiger partial charge in [0.15, 0.2) is 0 Å². The van der Waals surface area contributed by atoms with Gasteiger partial charge in [-0.25, -0.2) is 0 Å². The molecule has 0 radical (unpaired) electrons. The Hall–Kier alpha value is -1.14. The molecule has 0 fully saturated rings. The summed E-state index contributed by atoms with van der Waals surface area (Å²) in [6, 6.07) is -0.539. The fourth-order valence-electron chi connectivity index (χ4n) is 13.1. The number of hydrogen-bond acceptors (Lipinski definition) is 5. The van der Waals surface area contributed by atoms with E-state index in [1.54, 1.807) is 0 Å². The van der Waals surface area contributed by atoms with Gasteiger partial charge in [-0.2, -0.15) is 0 Å². The Labute approximate surface area is 534 Å². The quantitative estimate of drug-likeness (QED) is 0.0417. The number of hydrogen-bond donors (Lipinski definition) is 3. The number of carbonyl (C=O) groups is 2. The molecule has 0 spiro atoms. The number of amides is 1. The molecule has 0 aliphatic rings. The van der Waals surface area contributed by atoms with E-state index in [4.69, 9.17) is 4.74 Å². The van der Waals surface area contributed by atoms with E-state index in [9.17, 15) is 19.8 Å². The number of rotatable bonds is 76. The number of unbranched alkanes of at least 4 members (excludes halogenated alkanes) is 65. The molecule has 0 rings (SSSR count). The zero-order valence-corrected chi connectivity index (χ0v) is 58.4. The largest absolute Gasteiger partial charge is 0.466 e. The van der Waals surface area contributed by atoms with E-state index in [1.165, 1.54) is 398 Å². The smallest absolute Gasteiger partial charge is 0.305 e. The van der Waals surface area contributed by atoms with Gasteiger partial charge in [0.05, 0.1) is 25.4 Å². The molecule has 508 valence electrons. The van der Waals surface area contributed by atoms with Gasteiger partial charge in [0.1, 0.15) is 0 Å². The number of carbonyl (C=O) groups excluding carboxylic acids is 2. The number of ether oxygens (including phenoxy) is 1. The Kier molecular flexibility index (Phi) is 74.3. The molecule has 0 aromatic carbocycles. The first-order chi connectivity index (χ1) is 42.0. The van der Waals surface area contributed by atoms with Crippen molar-refractivity contribution in [3.63, 3.8) is 0 Å². The predicted octanol–water partition coefficient (Wildman–Crippen LogP) is 26.1. The molecule has 0 aliphatic heterocycles. The molecule has 2 atom stereocenters. The second-order valence-corrected chi connectivity index (χ2v) is 27.8. The van der Waals surface area contributed by atoms with Crippen LogP contribution in [0.5, 0.6) is 0 Å². The average molecular weight is 1200 g/mol. The first-order valence-electron chi connectivity index (χ1n) is 39.8. The third-order valence-corrected chi connectivity index (χ3v) is 19.2. The van der Waals surface area contributed by atoms with E-state index in [1.807, 2.05) is 0 Å². The molecule has 0 saturated heterocycles. The summed E-state index contributed by atoms with van der Waals surface area (Å²) in [5.74, 6) is -0.000447. The lowest BCUT2D eigenvalue weighted by atomic mass is 10.0. The maximum atomic E-state index is 12.6. The van der Waals surface area contributed by atoms with Crippen LogP contribution < -0.4 is 5.32 Å². The van der Waals surface area contributed by atoms with E-state index < -0.39 is 12.1 Å². The molecule has 2 unspecified atom stereocenters. The Morgan fingerprint density at radius 1 is 0.282 bits per heavy atom. The van der Waals surface area contributed by atoms with Crippen LogP contribution in [0, 0.1) is 0 Å². The molecule has 85 heavy (non-hydrogen) atoms. The topological polar surface area (TPSA) is 95.9 Å². The molecule has 0 aromatic heterocycles. The van der Waals surface area contributed by atoms with E-state index in [0.29, 0.717) is 25.9 Å². The van der Waals surface area contributed by atoms with Crippen molar-refractivity contribution in [2.75, 3.05) is 13.2 Å². The summed E-state index contributed by atoms with van der Waals surface area (Å²) < 4.78 is 5.50. The van der Waals surface area contributed by atoms with Gasteiger partial charge in [-0.05, 0) is 25.7 Å². The van der Waals surface area contributed by atoms with Crippen LogP contribution in [0.15, 0.2) is 0 Å². The summed E-state index contributed by atoms with van der Waals surface area (Å²) in [4.78, 5) is 24.7. The monoisotopic (exact) mass is 1200 g/mol. The van der Waals surface area contributed by atoms with Gasteiger partial charge in [0.25, 0.3) is 0 Å². The van der Waals surface area contributed by atoms with Crippen molar-refractivity contribution in [2.45, 2.75) is 482 Å². The van der Waals surface area contributed by atoms with E-state index in [2.05, 4.69) is 19.2 Å². The minimum Gasteiger partial charge on any atom is -0.466 e. The zero-order valence-electron chi connectivity index (χ0n) is 58.4. The molecule has 0 heterocycles. The minimum absolute atomic E-state index is 0.0240. The maximum absolute atomic E-state index is 12.6. The van der Waals surface area contributed by atoms with E-state index in [0.717, 1.165) is 38.5 Å². The van der Waals surface area contributed by atoms with Gasteiger partial charge in [-0.3, -0.25) is 9.59 Å². The second-order valence-electron chi connectivity index (χ2n) is 27.8. The van der Waals surface area contributed by atoms with Crippen molar-refractivity contribution >= 4 is 11.9 Å². The Bertz CT molecular complexity index is 1240. The molecule has 3 N–H and O–H groups in total. The van der Waals surface area contributed by atoms with Gasteiger partial charge in [-0.1, -0.05) is 431 Å². The van der Waals surface area contributed by atoms with Gasteiger partial charge < -0.3 is 20.3 Å². The summed E-state index contributed by atoms with van der Waals surface area (Å²) in [5, 5.41) is 23.5. The fraction of sp³-hybridized carbons (Fsp3) is 0.975. The van der Waals surface area contributed by atoms with Crippen molar-refractivity contribution in [1.29, 1.82) is 0 Å². The second kappa shape index (κ2) is 75.3. The lowest BCUT2D eigenvalue weighted by Crippen LogP contribution is -2.45. The highest BCUT2D eigenvalue weighted by Gasteiger charge is 2.20. The maximum Gasteiger partial charge on any atom is 0.305 e. The molecule has 0 bridgehead atoms. The van der Waals surface area contributed by atoms with Crippen LogP contribution in [0.1, 0.15) is 470 Å². The van der Waals surface area contributed by atoms with Crippen LogP contribution >= 0.6 is 0 Å². The molecular weight excluding hydrogens is 1040 g/mol. The molecule has 0 aliphatic carbocycles. The molecule has 0 aromatic rings. The zero-order chi connectivity index (χ0) is 61.3. The number of aliphatic hydroxyl groups excluding tert-OH is 2. The van der Waals surface area contributed by atoms with Crippen LogP contribution in [0.25, 0.3) is 0 Å². The minimum atomic E-state index is -0.662. The summed E-state index contributed by atoms with van der Waals surface area (Å²) in [5.41, 5.74) is 0. The van der Waals surface area contributed by atoms with Crippen LogP contribution in [-0.4, -0.2) is 47.4 Å². The Morgan fingerprint density at radius 2 is 0.482 bits per heavy atom. The normalized spacial score (nSPS) is 12.4. The summed E-state index contributed by atoms with van der Waals surface area (Å²) in [6.07, 6.45) is 93.4. The molecular formula is C79H157NO5.